The molecular weight excluding hydrogens is 351 g/mol. The van der Waals surface area contributed by atoms with E-state index in [0.29, 0.717) is 19.8 Å². The fourth-order valence-corrected chi connectivity index (χ4v) is 2.80. The summed E-state index contributed by atoms with van der Waals surface area (Å²) in [5.41, 5.74) is 1.03. The number of morpholine rings is 1. The van der Waals surface area contributed by atoms with Crippen LogP contribution in [0.3, 0.4) is 0 Å². The van der Waals surface area contributed by atoms with Gasteiger partial charge >= 0.3 is 0 Å². The molecule has 3 rings (SSSR count). The molecule has 2 aromatic heterocycles. The molecule has 126 valence electrons. The normalized spacial score (nSPS) is 14.5. The van der Waals surface area contributed by atoms with Crippen LogP contribution in [0.15, 0.2) is 30.5 Å². The molecule has 2 aromatic rings. The van der Waals surface area contributed by atoms with Crippen molar-refractivity contribution >= 4 is 34.9 Å². The van der Waals surface area contributed by atoms with Crippen molar-refractivity contribution in [3.63, 3.8) is 0 Å². The van der Waals surface area contributed by atoms with Gasteiger partial charge in [-0.15, -0.1) is 0 Å². The van der Waals surface area contributed by atoms with Gasteiger partial charge in [-0.05, 0) is 18.2 Å². The molecule has 3 heterocycles. The van der Waals surface area contributed by atoms with E-state index >= 15 is 0 Å². The standard InChI is InChI=1S/C16H16Cl2N4O2/c17-12-3-4-13(18)21-14(12)16(23)20-10-11-2-1-5-19-15(11)22-6-8-24-9-7-22/h1-5H,6-10H2,(H,20,23). The SMILES string of the molecule is O=C(NCc1cccnc1N1CCOCC1)c1nc(Cl)ccc1Cl. The van der Waals surface area contributed by atoms with Crippen LogP contribution in [0.1, 0.15) is 16.1 Å². The Morgan fingerprint density at radius 2 is 2.04 bits per heavy atom. The van der Waals surface area contributed by atoms with Crippen LogP contribution in [-0.4, -0.2) is 42.2 Å². The van der Waals surface area contributed by atoms with Crippen molar-refractivity contribution in [2.24, 2.45) is 0 Å². The molecule has 1 aliphatic rings. The van der Waals surface area contributed by atoms with Crippen molar-refractivity contribution in [1.82, 2.24) is 15.3 Å². The zero-order valence-electron chi connectivity index (χ0n) is 12.8. The maximum absolute atomic E-state index is 12.3. The van der Waals surface area contributed by atoms with Gasteiger partial charge in [0.25, 0.3) is 5.91 Å². The van der Waals surface area contributed by atoms with Crippen LogP contribution < -0.4 is 10.2 Å². The minimum Gasteiger partial charge on any atom is -0.378 e. The molecule has 0 bridgehead atoms. The molecule has 1 fully saturated rings. The molecule has 0 unspecified atom stereocenters. The average molecular weight is 367 g/mol. The number of pyridine rings is 2. The number of nitrogens with one attached hydrogen (secondary N) is 1. The van der Waals surface area contributed by atoms with Crippen molar-refractivity contribution in [3.05, 3.63) is 51.9 Å². The van der Waals surface area contributed by atoms with E-state index in [4.69, 9.17) is 27.9 Å². The maximum atomic E-state index is 12.3. The maximum Gasteiger partial charge on any atom is 0.271 e. The lowest BCUT2D eigenvalue weighted by Gasteiger charge is -2.29. The summed E-state index contributed by atoms with van der Waals surface area (Å²) in [6.07, 6.45) is 1.74. The number of rotatable bonds is 4. The van der Waals surface area contributed by atoms with Gasteiger partial charge in [0.15, 0.2) is 0 Å². The topological polar surface area (TPSA) is 67.4 Å². The van der Waals surface area contributed by atoms with Crippen molar-refractivity contribution in [1.29, 1.82) is 0 Å². The largest absolute Gasteiger partial charge is 0.378 e. The quantitative estimate of drug-likeness (QED) is 0.842. The summed E-state index contributed by atoms with van der Waals surface area (Å²) in [6.45, 7) is 3.22. The van der Waals surface area contributed by atoms with E-state index in [1.807, 2.05) is 12.1 Å². The number of aromatic nitrogens is 2. The van der Waals surface area contributed by atoms with Crippen molar-refractivity contribution in [3.8, 4) is 0 Å². The molecular formula is C16H16Cl2N4O2. The molecule has 24 heavy (non-hydrogen) atoms. The van der Waals surface area contributed by atoms with Gasteiger partial charge in [-0.1, -0.05) is 29.3 Å². The summed E-state index contributed by atoms with van der Waals surface area (Å²) >= 11 is 11.8. The van der Waals surface area contributed by atoms with Crippen molar-refractivity contribution < 1.29 is 9.53 Å². The van der Waals surface area contributed by atoms with Crippen LogP contribution in [0, 0.1) is 0 Å². The molecule has 1 N–H and O–H groups in total. The second kappa shape index (κ2) is 7.79. The number of hydrogen-bond donors (Lipinski definition) is 1. The predicted octanol–water partition coefficient (Wildman–Crippen LogP) is 2.55. The number of anilines is 1. The van der Waals surface area contributed by atoms with Gasteiger partial charge in [-0.2, -0.15) is 0 Å². The number of ether oxygens (including phenoxy) is 1. The summed E-state index contributed by atoms with van der Waals surface area (Å²) in [4.78, 5) is 22.9. The van der Waals surface area contributed by atoms with Crippen LogP contribution in [0.5, 0.6) is 0 Å². The second-order valence-electron chi connectivity index (χ2n) is 5.23. The third-order valence-corrected chi connectivity index (χ3v) is 4.16. The summed E-state index contributed by atoms with van der Waals surface area (Å²) < 4.78 is 5.37. The fourth-order valence-electron chi connectivity index (χ4n) is 2.46. The molecule has 0 radical (unpaired) electrons. The van der Waals surface area contributed by atoms with Gasteiger partial charge in [0, 0.05) is 31.4 Å². The average Bonchev–Trinajstić information content (AvgIpc) is 2.62. The third kappa shape index (κ3) is 3.95. The van der Waals surface area contributed by atoms with E-state index in [1.54, 1.807) is 12.3 Å². The van der Waals surface area contributed by atoms with E-state index in [2.05, 4.69) is 20.2 Å². The molecule has 0 atom stereocenters. The molecule has 6 nitrogen and oxygen atoms in total. The van der Waals surface area contributed by atoms with Gasteiger partial charge in [-0.25, -0.2) is 9.97 Å². The number of carbonyl (C=O) groups is 1. The first kappa shape index (κ1) is 17.0. The lowest BCUT2D eigenvalue weighted by molar-refractivity contribution is 0.0946. The number of hydrogen-bond acceptors (Lipinski definition) is 5. The Kier molecular flexibility index (Phi) is 5.50. The molecule has 0 aromatic carbocycles. The van der Waals surface area contributed by atoms with Gasteiger partial charge in [0.2, 0.25) is 0 Å². The van der Waals surface area contributed by atoms with Crippen LogP contribution in [0.25, 0.3) is 0 Å². The Balaban J connectivity index is 1.72. The Morgan fingerprint density at radius 3 is 2.83 bits per heavy atom. The minimum absolute atomic E-state index is 0.112. The lowest BCUT2D eigenvalue weighted by atomic mass is 10.2. The first-order valence-corrected chi connectivity index (χ1v) is 8.27. The van der Waals surface area contributed by atoms with E-state index in [-0.39, 0.29) is 21.8 Å². The minimum atomic E-state index is -0.376. The van der Waals surface area contributed by atoms with Crippen LogP contribution in [0.4, 0.5) is 5.82 Å². The van der Waals surface area contributed by atoms with Gasteiger partial charge in [-0.3, -0.25) is 4.79 Å². The molecule has 1 amide bonds. The molecule has 1 aliphatic heterocycles. The van der Waals surface area contributed by atoms with Crippen LogP contribution >= 0.6 is 23.2 Å². The summed E-state index contributed by atoms with van der Waals surface area (Å²) in [7, 11) is 0. The number of nitrogens with zero attached hydrogens (tertiary/aromatic N) is 3. The van der Waals surface area contributed by atoms with Gasteiger partial charge < -0.3 is 15.0 Å². The fraction of sp³-hybridized carbons (Fsp3) is 0.312. The van der Waals surface area contributed by atoms with Crippen molar-refractivity contribution in [2.75, 3.05) is 31.2 Å². The Bertz CT molecular complexity index is 736. The molecule has 0 aliphatic carbocycles. The zero-order valence-corrected chi connectivity index (χ0v) is 14.3. The monoisotopic (exact) mass is 366 g/mol. The number of amides is 1. The highest BCUT2D eigenvalue weighted by molar-refractivity contribution is 6.34. The third-order valence-electron chi connectivity index (χ3n) is 3.64. The first-order valence-electron chi connectivity index (χ1n) is 7.52. The molecule has 1 saturated heterocycles. The summed E-state index contributed by atoms with van der Waals surface area (Å²) in [5, 5.41) is 3.30. The van der Waals surface area contributed by atoms with Crippen molar-refractivity contribution in [2.45, 2.75) is 6.54 Å². The van der Waals surface area contributed by atoms with Gasteiger partial charge in [0.1, 0.15) is 16.7 Å². The molecule has 8 heteroatoms. The predicted molar refractivity (Wildman–Crippen MR) is 92.7 cm³/mol. The van der Waals surface area contributed by atoms with Gasteiger partial charge in [0.05, 0.1) is 18.2 Å². The van der Waals surface area contributed by atoms with E-state index < -0.39 is 0 Å². The number of halogens is 2. The molecule has 0 saturated carbocycles. The number of carbonyl (C=O) groups excluding carboxylic acids is 1. The van der Waals surface area contributed by atoms with E-state index in [0.717, 1.165) is 24.5 Å². The Hall–Kier alpha value is -1.89. The zero-order chi connectivity index (χ0) is 16.9. The Morgan fingerprint density at radius 1 is 1.25 bits per heavy atom. The highest BCUT2D eigenvalue weighted by atomic mass is 35.5. The lowest BCUT2D eigenvalue weighted by Crippen LogP contribution is -2.38. The molecule has 0 spiro atoms. The van der Waals surface area contributed by atoms with E-state index in [1.165, 1.54) is 6.07 Å². The van der Waals surface area contributed by atoms with Crippen LogP contribution in [0.2, 0.25) is 10.2 Å². The smallest absolute Gasteiger partial charge is 0.271 e. The van der Waals surface area contributed by atoms with Crippen LogP contribution in [-0.2, 0) is 11.3 Å². The summed E-state index contributed by atoms with van der Waals surface area (Å²) in [5.74, 6) is 0.477. The second-order valence-corrected chi connectivity index (χ2v) is 6.03. The first-order chi connectivity index (χ1) is 11.6. The highest BCUT2D eigenvalue weighted by Crippen LogP contribution is 2.20. The van der Waals surface area contributed by atoms with E-state index in [9.17, 15) is 4.79 Å². The Labute approximate surface area is 149 Å². The summed E-state index contributed by atoms with van der Waals surface area (Å²) in [6, 6.07) is 6.87. The highest BCUT2D eigenvalue weighted by Gasteiger charge is 2.17.